The third-order valence-corrected chi connectivity index (χ3v) is 4.03. The van der Waals surface area contributed by atoms with Crippen molar-refractivity contribution in [3.05, 3.63) is 0 Å². The van der Waals surface area contributed by atoms with Crippen LogP contribution in [0.3, 0.4) is 0 Å². The van der Waals surface area contributed by atoms with Crippen molar-refractivity contribution in [1.82, 2.24) is 5.32 Å². The van der Waals surface area contributed by atoms with Crippen LogP contribution in [0, 0.1) is 17.3 Å². The molecule has 0 aromatic heterocycles. The number of rotatable bonds is 6. The molecule has 0 radical (unpaired) electrons. The third-order valence-electron chi connectivity index (χ3n) is 4.03. The van der Waals surface area contributed by atoms with Gasteiger partial charge >= 0.3 is 0 Å². The minimum atomic E-state index is -0.195. The van der Waals surface area contributed by atoms with Crippen LogP contribution >= 0.6 is 0 Å². The molecule has 4 N–H and O–H groups in total. The van der Waals surface area contributed by atoms with Crippen LogP contribution < -0.4 is 11.1 Å². The van der Waals surface area contributed by atoms with E-state index in [-0.39, 0.29) is 23.1 Å². The lowest BCUT2D eigenvalue weighted by molar-refractivity contribution is -0.131. The van der Waals surface area contributed by atoms with E-state index in [1.807, 2.05) is 6.92 Å². The van der Waals surface area contributed by atoms with Crippen molar-refractivity contribution in [2.45, 2.75) is 52.9 Å². The fourth-order valence-corrected chi connectivity index (χ4v) is 2.99. The lowest BCUT2D eigenvalue weighted by atomic mass is 9.77. The van der Waals surface area contributed by atoms with Gasteiger partial charge in [-0.1, -0.05) is 38.8 Å². The Balaban J connectivity index is 2.59. The molecule has 0 saturated heterocycles. The van der Waals surface area contributed by atoms with Crippen LogP contribution in [0.2, 0.25) is 0 Å². The Morgan fingerprint density at radius 1 is 1.37 bits per heavy atom. The number of hydrogen-bond donors (Lipinski definition) is 3. The van der Waals surface area contributed by atoms with Crippen molar-refractivity contribution in [2.24, 2.45) is 28.1 Å². The first kappa shape index (κ1) is 15.8. The van der Waals surface area contributed by atoms with E-state index in [0.717, 1.165) is 32.1 Å². The van der Waals surface area contributed by atoms with Crippen molar-refractivity contribution in [1.29, 1.82) is 0 Å². The predicted molar refractivity (Wildman–Crippen MR) is 75.9 cm³/mol. The number of carbonyl (C=O) groups is 1. The molecule has 19 heavy (non-hydrogen) atoms. The van der Waals surface area contributed by atoms with E-state index in [1.54, 1.807) is 0 Å². The van der Waals surface area contributed by atoms with Gasteiger partial charge in [0, 0.05) is 17.9 Å². The summed E-state index contributed by atoms with van der Waals surface area (Å²) in [4.78, 5) is 12.5. The van der Waals surface area contributed by atoms with Gasteiger partial charge in [0.15, 0.2) is 0 Å². The number of nitrogens with one attached hydrogen (secondary N) is 1. The number of nitrogens with zero attached hydrogens (tertiary/aromatic N) is 1. The topological polar surface area (TPSA) is 87.7 Å². The van der Waals surface area contributed by atoms with Gasteiger partial charge in [-0.3, -0.25) is 4.79 Å². The smallest absolute Gasteiger partial charge is 0.226 e. The Kier molecular flexibility index (Phi) is 5.63. The molecule has 1 rings (SSSR count). The number of carbonyl (C=O) groups excluding carboxylic acids is 1. The van der Waals surface area contributed by atoms with Crippen molar-refractivity contribution in [3.8, 4) is 0 Å². The molecule has 1 atom stereocenters. The van der Waals surface area contributed by atoms with Crippen molar-refractivity contribution in [2.75, 3.05) is 6.54 Å². The van der Waals surface area contributed by atoms with Gasteiger partial charge in [-0.15, -0.1) is 0 Å². The van der Waals surface area contributed by atoms with Gasteiger partial charge in [-0.05, 0) is 25.2 Å². The Morgan fingerprint density at radius 3 is 2.42 bits per heavy atom. The van der Waals surface area contributed by atoms with E-state index < -0.39 is 0 Å². The predicted octanol–water partition coefficient (Wildman–Crippen LogP) is 2.09. The second-order valence-electron chi connectivity index (χ2n) is 6.22. The SMILES string of the molecule is CC(C)CC1(C(=O)NCC(C)C(N)=NO)CCCC1. The van der Waals surface area contributed by atoms with Gasteiger partial charge in [-0.2, -0.15) is 0 Å². The van der Waals surface area contributed by atoms with Crippen LogP contribution in [0.4, 0.5) is 0 Å². The Labute approximate surface area is 115 Å². The van der Waals surface area contributed by atoms with E-state index >= 15 is 0 Å². The first-order valence-electron chi connectivity index (χ1n) is 7.17. The summed E-state index contributed by atoms with van der Waals surface area (Å²) >= 11 is 0. The highest BCUT2D eigenvalue weighted by Crippen LogP contribution is 2.43. The molecule has 1 amide bonds. The molecule has 1 saturated carbocycles. The summed E-state index contributed by atoms with van der Waals surface area (Å²) in [7, 11) is 0. The minimum Gasteiger partial charge on any atom is -0.409 e. The zero-order valence-corrected chi connectivity index (χ0v) is 12.3. The average Bonchev–Trinajstić information content (AvgIpc) is 2.83. The van der Waals surface area contributed by atoms with Gasteiger partial charge in [-0.25, -0.2) is 0 Å². The maximum atomic E-state index is 12.5. The summed E-state index contributed by atoms with van der Waals surface area (Å²) in [5.74, 6) is 0.665. The van der Waals surface area contributed by atoms with E-state index in [0.29, 0.717) is 12.5 Å². The van der Waals surface area contributed by atoms with E-state index in [1.165, 1.54) is 0 Å². The second-order valence-corrected chi connectivity index (χ2v) is 6.22. The van der Waals surface area contributed by atoms with E-state index in [4.69, 9.17) is 10.9 Å². The monoisotopic (exact) mass is 269 g/mol. The van der Waals surface area contributed by atoms with E-state index in [2.05, 4.69) is 24.3 Å². The Hall–Kier alpha value is -1.26. The van der Waals surface area contributed by atoms with Gasteiger partial charge in [0.1, 0.15) is 5.84 Å². The fraction of sp³-hybridized carbons (Fsp3) is 0.857. The number of amides is 1. The van der Waals surface area contributed by atoms with Crippen LogP contribution in [-0.2, 0) is 4.79 Å². The van der Waals surface area contributed by atoms with Crippen LogP contribution in [0.25, 0.3) is 0 Å². The highest BCUT2D eigenvalue weighted by Gasteiger charge is 2.41. The molecule has 5 nitrogen and oxygen atoms in total. The molecule has 0 heterocycles. The summed E-state index contributed by atoms with van der Waals surface area (Å²) < 4.78 is 0. The molecule has 0 aromatic carbocycles. The summed E-state index contributed by atoms with van der Waals surface area (Å²) in [6, 6.07) is 0. The fourth-order valence-electron chi connectivity index (χ4n) is 2.99. The molecule has 0 spiro atoms. The quantitative estimate of drug-likeness (QED) is 0.298. The van der Waals surface area contributed by atoms with Crippen LogP contribution in [0.15, 0.2) is 5.16 Å². The average molecular weight is 269 g/mol. The molecule has 0 aliphatic heterocycles. The first-order chi connectivity index (χ1) is 8.91. The van der Waals surface area contributed by atoms with Crippen molar-refractivity contribution < 1.29 is 10.0 Å². The molecular formula is C14H27N3O2. The molecule has 1 fully saturated rings. The summed E-state index contributed by atoms with van der Waals surface area (Å²) in [6.45, 7) is 6.58. The Bertz CT molecular complexity index is 334. The van der Waals surface area contributed by atoms with Gasteiger partial charge in [0.05, 0.1) is 0 Å². The van der Waals surface area contributed by atoms with Gasteiger partial charge < -0.3 is 16.3 Å². The molecule has 0 bridgehead atoms. The zero-order valence-electron chi connectivity index (χ0n) is 12.3. The molecule has 1 unspecified atom stereocenters. The van der Waals surface area contributed by atoms with Crippen LogP contribution in [0.1, 0.15) is 52.9 Å². The Morgan fingerprint density at radius 2 is 1.95 bits per heavy atom. The standard InChI is InChI=1S/C14H27N3O2/c1-10(2)8-14(6-4-5-7-14)13(18)16-9-11(3)12(15)17-19/h10-11,19H,4-9H2,1-3H3,(H2,15,17)(H,16,18). The lowest BCUT2D eigenvalue weighted by Crippen LogP contribution is -2.43. The first-order valence-corrected chi connectivity index (χ1v) is 7.17. The molecule has 5 heteroatoms. The highest BCUT2D eigenvalue weighted by atomic mass is 16.4. The third kappa shape index (κ3) is 4.11. The molecule has 0 aromatic rings. The number of nitrogens with two attached hydrogens (primary N) is 1. The second kappa shape index (κ2) is 6.78. The van der Waals surface area contributed by atoms with Crippen molar-refractivity contribution >= 4 is 11.7 Å². The van der Waals surface area contributed by atoms with Crippen molar-refractivity contribution in [3.63, 3.8) is 0 Å². The van der Waals surface area contributed by atoms with Gasteiger partial charge in [0.25, 0.3) is 0 Å². The van der Waals surface area contributed by atoms with Gasteiger partial charge in [0.2, 0.25) is 5.91 Å². The number of amidine groups is 1. The molecule has 1 aliphatic carbocycles. The largest absolute Gasteiger partial charge is 0.409 e. The molecular weight excluding hydrogens is 242 g/mol. The molecule has 110 valence electrons. The maximum absolute atomic E-state index is 12.5. The highest BCUT2D eigenvalue weighted by molar-refractivity contribution is 5.85. The molecule has 1 aliphatic rings. The number of hydrogen-bond acceptors (Lipinski definition) is 3. The van der Waals surface area contributed by atoms with E-state index in [9.17, 15) is 4.79 Å². The number of oxime groups is 1. The summed E-state index contributed by atoms with van der Waals surface area (Å²) in [5.41, 5.74) is 5.32. The summed E-state index contributed by atoms with van der Waals surface area (Å²) in [5, 5.41) is 14.5. The zero-order chi connectivity index (χ0) is 14.5. The van der Waals surface area contributed by atoms with Crippen LogP contribution in [0.5, 0.6) is 0 Å². The summed E-state index contributed by atoms with van der Waals surface area (Å²) in [6.07, 6.45) is 5.17. The normalized spacial score (nSPS) is 20.5. The minimum absolute atomic E-state index is 0.135. The maximum Gasteiger partial charge on any atom is 0.226 e. The lowest BCUT2D eigenvalue weighted by Gasteiger charge is -2.30. The van der Waals surface area contributed by atoms with Crippen LogP contribution in [-0.4, -0.2) is 23.5 Å².